The van der Waals surface area contributed by atoms with Gasteiger partial charge in [0.25, 0.3) is 0 Å². The van der Waals surface area contributed by atoms with Crippen LogP contribution >= 0.6 is 0 Å². The van der Waals surface area contributed by atoms with Crippen LogP contribution in [0.15, 0.2) is 18.2 Å². The summed E-state index contributed by atoms with van der Waals surface area (Å²) >= 11 is 0. The number of hydrogen-bond donors (Lipinski definition) is 1. The predicted molar refractivity (Wildman–Crippen MR) is 68.3 cm³/mol. The van der Waals surface area contributed by atoms with Crippen molar-refractivity contribution in [1.82, 2.24) is 5.32 Å². The molecule has 1 saturated heterocycles. The molecule has 1 N–H and O–H groups in total. The van der Waals surface area contributed by atoms with E-state index < -0.39 is 16.4 Å². The average Bonchev–Trinajstić information content (AvgIpc) is 2.89. The maximum absolute atomic E-state index is 13.7. The number of nitrogens with one attached hydrogen (secondary N) is 1. The van der Waals surface area contributed by atoms with Crippen molar-refractivity contribution in [2.45, 2.75) is 19.4 Å². The lowest BCUT2D eigenvalue weighted by Gasteiger charge is -2.09. The van der Waals surface area contributed by atoms with Gasteiger partial charge in [-0.15, -0.1) is 0 Å². The molecule has 0 bridgehead atoms. The first-order valence-corrected chi connectivity index (χ1v) is 6.38. The van der Waals surface area contributed by atoms with Crippen molar-refractivity contribution in [3.8, 4) is 0 Å². The fourth-order valence-electron chi connectivity index (χ4n) is 2.21. The van der Waals surface area contributed by atoms with Gasteiger partial charge in [-0.3, -0.25) is 10.1 Å². The van der Waals surface area contributed by atoms with E-state index in [9.17, 15) is 14.5 Å². The van der Waals surface area contributed by atoms with Crippen LogP contribution in [-0.4, -0.2) is 24.6 Å². The lowest BCUT2D eigenvalue weighted by Crippen LogP contribution is -2.11. The van der Waals surface area contributed by atoms with Gasteiger partial charge in [-0.25, -0.2) is 0 Å². The van der Waals surface area contributed by atoms with Gasteiger partial charge in [0.1, 0.15) is 0 Å². The number of halogens is 1. The first-order valence-electron chi connectivity index (χ1n) is 6.38. The smallest absolute Gasteiger partial charge is 0.305 e. The Kier molecular flexibility index (Phi) is 4.81. The number of nitrogens with zero attached hydrogens (tertiary/aromatic N) is 1. The highest BCUT2D eigenvalue weighted by molar-refractivity contribution is 5.36. The van der Waals surface area contributed by atoms with Gasteiger partial charge < -0.3 is 10.1 Å². The third kappa shape index (κ3) is 3.71. The molecule has 1 fully saturated rings. The molecule has 1 aliphatic rings. The van der Waals surface area contributed by atoms with Crippen molar-refractivity contribution in [2.24, 2.45) is 5.92 Å². The van der Waals surface area contributed by atoms with E-state index in [1.54, 1.807) is 0 Å². The van der Waals surface area contributed by atoms with Gasteiger partial charge in [0.15, 0.2) is 0 Å². The monoisotopic (exact) mass is 268 g/mol. The number of nitro groups is 1. The van der Waals surface area contributed by atoms with Crippen LogP contribution in [0.3, 0.4) is 0 Å². The molecule has 6 heteroatoms. The highest BCUT2D eigenvalue weighted by Crippen LogP contribution is 2.21. The molecule has 1 atom stereocenters. The van der Waals surface area contributed by atoms with Gasteiger partial charge in [0.2, 0.25) is 5.82 Å². The number of nitro benzene ring substituents is 1. The molecular formula is C13H17FN2O3. The molecule has 1 unspecified atom stereocenters. The lowest BCUT2D eigenvalue weighted by molar-refractivity contribution is -0.387. The largest absolute Gasteiger partial charge is 0.377 e. The molecule has 5 nitrogen and oxygen atoms in total. The molecule has 1 aromatic carbocycles. The maximum atomic E-state index is 13.7. The minimum absolute atomic E-state index is 0.0770. The Labute approximate surface area is 110 Å². The normalized spacial score (nSPS) is 18.7. The van der Waals surface area contributed by atoms with Gasteiger partial charge in [-0.05, 0) is 31.8 Å². The Morgan fingerprint density at radius 2 is 2.37 bits per heavy atom. The Balaban J connectivity index is 1.82. The summed E-state index contributed by atoms with van der Waals surface area (Å²) in [6.07, 6.45) is 2.08. The van der Waals surface area contributed by atoms with E-state index >= 15 is 0 Å². The van der Waals surface area contributed by atoms with Gasteiger partial charge in [-0.2, -0.15) is 4.39 Å². The molecule has 104 valence electrons. The van der Waals surface area contributed by atoms with Crippen molar-refractivity contribution in [2.75, 3.05) is 19.7 Å². The molecule has 2 rings (SSSR count). The summed E-state index contributed by atoms with van der Waals surface area (Å²) in [5, 5.41) is 13.9. The van der Waals surface area contributed by atoms with E-state index in [0.29, 0.717) is 12.5 Å². The van der Waals surface area contributed by atoms with Crippen molar-refractivity contribution >= 4 is 5.69 Å². The zero-order chi connectivity index (χ0) is 13.7. The molecule has 1 aromatic rings. The average molecular weight is 268 g/mol. The number of benzene rings is 1. The summed E-state index contributed by atoms with van der Waals surface area (Å²) < 4.78 is 19.1. The Morgan fingerprint density at radius 1 is 1.53 bits per heavy atom. The second kappa shape index (κ2) is 6.58. The summed E-state index contributed by atoms with van der Waals surface area (Å²) in [4.78, 5) is 9.88. The Hall–Kier alpha value is -1.53. The van der Waals surface area contributed by atoms with E-state index in [-0.39, 0.29) is 12.2 Å². The van der Waals surface area contributed by atoms with E-state index in [0.717, 1.165) is 32.0 Å². The van der Waals surface area contributed by atoms with Crippen LogP contribution in [0.4, 0.5) is 10.1 Å². The SMILES string of the molecule is O=[N+]([O-])c1cccc(COCCC2CCNC2)c1F. The van der Waals surface area contributed by atoms with Crippen LogP contribution < -0.4 is 5.32 Å². The molecule has 1 heterocycles. The van der Waals surface area contributed by atoms with Crippen LogP contribution in [0.2, 0.25) is 0 Å². The van der Waals surface area contributed by atoms with E-state index in [2.05, 4.69) is 5.32 Å². The first kappa shape index (κ1) is 13.9. The predicted octanol–water partition coefficient (Wildman–Crippen LogP) is 2.25. The highest BCUT2D eigenvalue weighted by Gasteiger charge is 2.17. The number of rotatable bonds is 6. The maximum Gasteiger partial charge on any atom is 0.305 e. The molecule has 0 saturated carbocycles. The summed E-state index contributed by atoms with van der Waals surface area (Å²) in [6, 6.07) is 4.14. The topological polar surface area (TPSA) is 64.4 Å². The van der Waals surface area contributed by atoms with Gasteiger partial charge in [-0.1, -0.05) is 12.1 Å². The molecule has 0 spiro atoms. The number of hydrogen-bond acceptors (Lipinski definition) is 4. The van der Waals surface area contributed by atoms with Crippen molar-refractivity contribution in [1.29, 1.82) is 0 Å². The van der Waals surface area contributed by atoms with Gasteiger partial charge in [0.05, 0.1) is 11.5 Å². The molecule has 0 aromatic heterocycles. The van der Waals surface area contributed by atoms with E-state index in [1.165, 1.54) is 12.1 Å². The quantitative estimate of drug-likeness (QED) is 0.488. The van der Waals surface area contributed by atoms with E-state index in [4.69, 9.17) is 4.74 Å². The Bertz CT molecular complexity index is 448. The third-order valence-corrected chi connectivity index (χ3v) is 3.35. The van der Waals surface area contributed by atoms with E-state index in [1.807, 2.05) is 0 Å². The van der Waals surface area contributed by atoms with Crippen LogP contribution in [-0.2, 0) is 11.3 Å². The van der Waals surface area contributed by atoms with Crippen molar-refractivity contribution < 1.29 is 14.1 Å². The third-order valence-electron chi connectivity index (χ3n) is 3.35. The minimum Gasteiger partial charge on any atom is -0.377 e. The van der Waals surface area contributed by atoms with Crippen LogP contribution in [0, 0.1) is 21.8 Å². The highest BCUT2D eigenvalue weighted by atomic mass is 19.1. The van der Waals surface area contributed by atoms with Crippen molar-refractivity contribution in [3.05, 3.63) is 39.7 Å². The summed E-state index contributed by atoms with van der Waals surface area (Å²) in [5.41, 5.74) is -0.264. The molecule has 0 radical (unpaired) electrons. The molecule has 1 aliphatic heterocycles. The zero-order valence-corrected chi connectivity index (χ0v) is 10.6. The molecule has 0 aliphatic carbocycles. The fourth-order valence-corrected chi connectivity index (χ4v) is 2.21. The fraction of sp³-hybridized carbons (Fsp3) is 0.538. The summed E-state index contributed by atoms with van der Waals surface area (Å²) in [5.74, 6) is -0.176. The summed E-state index contributed by atoms with van der Waals surface area (Å²) in [7, 11) is 0. The Morgan fingerprint density at radius 3 is 3.05 bits per heavy atom. The molecule has 19 heavy (non-hydrogen) atoms. The van der Waals surface area contributed by atoms with Gasteiger partial charge in [0, 0.05) is 18.2 Å². The second-order valence-corrected chi connectivity index (χ2v) is 4.71. The molecular weight excluding hydrogens is 251 g/mol. The number of ether oxygens (including phenoxy) is 1. The van der Waals surface area contributed by atoms with Crippen LogP contribution in [0.5, 0.6) is 0 Å². The standard InChI is InChI=1S/C13H17FN2O3/c14-13-11(2-1-3-12(13)16(17)18)9-19-7-5-10-4-6-15-8-10/h1-3,10,15H,4-9H2. The van der Waals surface area contributed by atoms with Gasteiger partial charge >= 0.3 is 5.69 Å². The van der Waals surface area contributed by atoms with Crippen LogP contribution in [0.1, 0.15) is 18.4 Å². The zero-order valence-electron chi connectivity index (χ0n) is 10.6. The molecule has 0 amide bonds. The van der Waals surface area contributed by atoms with Crippen molar-refractivity contribution in [3.63, 3.8) is 0 Å². The van der Waals surface area contributed by atoms with Crippen LogP contribution in [0.25, 0.3) is 0 Å². The summed E-state index contributed by atoms with van der Waals surface area (Å²) in [6.45, 7) is 2.68. The second-order valence-electron chi connectivity index (χ2n) is 4.71. The first-order chi connectivity index (χ1) is 9.18. The lowest BCUT2D eigenvalue weighted by atomic mass is 10.1. The minimum atomic E-state index is -0.796.